The van der Waals surface area contributed by atoms with Crippen molar-refractivity contribution in [1.82, 2.24) is 0 Å². The first-order chi connectivity index (χ1) is 15.4. The molecule has 5 aromatic rings. The molecule has 0 spiro atoms. The summed E-state index contributed by atoms with van der Waals surface area (Å²) in [5.74, 6) is 0. The molecule has 1 aliphatic rings. The van der Waals surface area contributed by atoms with Crippen molar-refractivity contribution in [3.05, 3.63) is 127 Å². The van der Waals surface area contributed by atoms with Crippen molar-refractivity contribution >= 4 is 51.5 Å². The molecule has 0 heterocycles. The summed E-state index contributed by atoms with van der Waals surface area (Å²) in [6.07, 6.45) is 7.80. The summed E-state index contributed by atoms with van der Waals surface area (Å²) in [5, 5.41) is 9.79. The Kier molecular flexibility index (Phi) is 6.00. The number of hydrogen-bond donors (Lipinski definition) is 0. The van der Waals surface area contributed by atoms with Gasteiger partial charge in [0.2, 0.25) is 0 Å². The van der Waals surface area contributed by atoms with E-state index in [0.717, 1.165) is 6.42 Å². The minimum Gasteiger partial charge on any atom is -0.126 e. The van der Waals surface area contributed by atoms with E-state index in [9.17, 15) is 0 Å². The maximum Gasteiger partial charge on any atom is 0.147 e. The Labute approximate surface area is 210 Å². The van der Waals surface area contributed by atoms with E-state index in [4.69, 9.17) is 0 Å². The first-order valence-electron chi connectivity index (χ1n) is 10.9. The van der Waals surface area contributed by atoms with Gasteiger partial charge >= 0.3 is 0 Å². The molecular formula is C30H22SiZr-. The normalized spacial score (nSPS) is 13.0. The standard InChI is InChI=1S/C30H22Si.Zr/c1-3-14-24(15-4-1)31(25-16-5-2-6-17-25)29-20-19-27-26-18-10-9-13-23(26)21-28(27)30(29)22-11-7-8-12-22;/h1-11,13-21H,12H2;/q-1;. The molecule has 0 amide bonds. The van der Waals surface area contributed by atoms with Crippen LogP contribution in [0.4, 0.5) is 0 Å². The van der Waals surface area contributed by atoms with Gasteiger partial charge in [-0.05, 0) is 6.42 Å². The zero-order chi connectivity index (χ0) is 20.6. The molecule has 32 heavy (non-hydrogen) atoms. The van der Waals surface area contributed by atoms with Gasteiger partial charge in [0.15, 0.2) is 0 Å². The predicted molar refractivity (Wildman–Crippen MR) is 136 cm³/mol. The van der Waals surface area contributed by atoms with Crippen molar-refractivity contribution in [2.24, 2.45) is 0 Å². The molecule has 0 aliphatic heterocycles. The van der Waals surface area contributed by atoms with E-state index in [-0.39, 0.29) is 26.2 Å². The SMILES string of the molecule is C1=CCC(c2c([Si](c3ccccc3)c3ccccc3)ccc3c2[cH-]c2ccccc23)=C1.[Zr]. The van der Waals surface area contributed by atoms with Gasteiger partial charge in [-0.2, -0.15) is 0 Å². The molecule has 0 nitrogen and oxygen atoms in total. The Hall–Kier alpha value is -2.67. The van der Waals surface area contributed by atoms with Gasteiger partial charge in [0, 0.05) is 26.2 Å². The first kappa shape index (κ1) is 21.2. The van der Waals surface area contributed by atoms with Crippen LogP contribution in [0.15, 0.2) is 121 Å². The van der Waals surface area contributed by atoms with Gasteiger partial charge in [0.25, 0.3) is 0 Å². The van der Waals surface area contributed by atoms with E-state index >= 15 is 0 Å². The molecule has 0 unspecified atom stereocenters. The van der Waals surface area contributed by atoms with E-state index in [2.05, 4.69) is 121 Å². The van der Waals surface area contributed by atoms with Gasteiger partial charge in [-0.1, -0.05) is 136 Å². The molecule has 0 saturated carbocycles. The maximum atomic E-state index is 2.41. The molecule has 151 valence electrons. The second kappa shape index (κ2) is 9.06. The van der Waals surface area contributed by atoms with Crippen LogP contribution in [0.2, 0.25) is 0 Å². The Morgan fingerprint density at radius 3 is 1.97 bits per heavy atom. The van der Waals surface area contributed by atoms with Gasteiger partial charge in [-0.25, -0.2) is 0 Å². The minimum atomic E-state index is -1.14. The van der Waals surface area contributed by atoms with E-state index in [1.54, 1.807) is 0 Å². The van der Waals surface area contributed by atoms with Crippen LogP contribution >= 0.6 is 0 Å². The second-order valence-electron chi connectivity index (χ2n) is 8.11. The third-order valence-corrected chi connectivity index (χ3v) is 9.06. The molecule has 1 radical (unpaired) electrons. The average Bonchev–Trinajstić information content (AvgIpc) is 3.49. The average molecular weight is 502 g/mol. The monoisotopic (exact) mass is 500 g/mol. The van der Waals surface area contributed by atoms with Crippen molar-refractivity contribution in [3.63, 3.8) is 0 Å². The van der Waals surface area contributed by atoms with Crippen molar-refractivity contribution in [2.45, 2.75) is 6.42 Å². The molecule has 6 rings (SSSR count). The zero-order valence-electron chi connectivity index (χ0n) is 17.8. The van der Waals surface area contributed by atoms with Crippen LogP contribution in [0.5, 0.6) is 0 Å². The molecule has 0 N–H and O–H groups in total. The third kappa shape index (κ3) is 3.62. The second-order valence-corrected chi connectivity index (χ2v) is 10.6. The van der Waals surface area contributed by atoms with Crippen molar-refractivity contribution in [2.75, 3.05) is 0 Å². The fourth-order valence-corrected chi connectivity index (χ4v) is 7.70. The number of hydrogen-bond acceptors (Lipinski definition) is 0. The first-order valence-corrected chi connectivity index (χ1v) is 12.4. The van der Waals surface area contributed by atoms with Crippen LogP contribution in [0, 0.1) is 0 Å². The van der Waals surface area contributed by atoms with Crippen LogP contribution in [0.3, 0.4) is 0 Å². The fraction of sp³-hybridized carbons (Fsp3) is 0.0333. The Balaban J connectivity index is 0.00000216. The van der Waals surface area contributed by atoms with Gasteiger partial charge in [-0.3, -0.25) is 0 Å². The van der Waals surface area contributed by atoms with Crippen molar-refractivity contribution in [1.29, 1.82) is 0 Å². The van der Waals surface area contributed by atoms with Gasteiger partial charge < -0.3 is 0 Å². The molecule has 0 aromatic heterocycles. The summed E-state index contributed by atoms with van der Waals surface area (Å²) in [7, 11) is -1.14. The van der Waals surface area contributed by atoms with Crippen LogP contribution < -0.4 is 15.6 Å². The van der Waals surface area contributed by atoms with Crippen LogP contribution in [0.1, 0.15) is 12.0 Å². The number of benzene rings is 4. The molecule has 0 saturated heterocycles. The molecule has 0 fully saturated rings. The van der Waals surface area contributed by atoms with E-state index in [0.29, 0.717) is 0 Å². The van der Waals surface area contributed by atoms with E-state index < -0.39 is 8.80 Å². The number of fused-ring (bicyclic) bond motifs is 3. The molecule has 1 aliphatic carbocycles. The quantitative estimate of drug-likeness (QED) is 0.172. The van der Waals surface area contributed by atoms with Gasteiger partial charge in [0.05, 0.1) is 0 Å². The molecule has 5 aromatic carbocycles. The maximum absolute atomic E-state index is 2.41. The van der Waals surface area contributed by atoms with Crippen LogP contribution in [0.25, 0.3) is 27.1 Å². The Morgan fingerprint density at radius 1 is 0.656 bits per heavy atom. The largest absolute Gasteiger partial charge is 0.147 e. The van der Waals surface area contributed by atoms with E-state index in [1.807, 2.05) is 0 Å². The summed E-state index contributed by atoms with van der Waals surface area (Å²) in [5.41, 5.74) is 2.88. The summed E-state index contributed by atoms with van der Waals surface area (Å²) in [6.45, 7) is 0. The van der Waals surface area contributed by atoms with Crippen LogP contribution in [-0.4, -0.2) is 8.80 Å². The topological polar surface area (TPSA) is 0 Å². The summed E-state index contributed by atoms with van der Waals surface area (Å²) in [6, 6.07) is 38.1. The molecular weight excluding hydrogens is 480 g/mol. The summed E-state index contributed by atoms with van der Waals surface area (Å²) >= 11 is 0. The fourth-order valence-electron chi connectivity index (χ4n) is 4.90. The molecule has 2 heteroatoms. The van der Waals surface area contributed by atoms with Crippen LogP contribution in [-0.2, 0) is 26.2 Å². The molecule has 0 bridgehead atoms. The predicted octanol–water partition coefficient (Wildman–Crippen LogP) is 5.57. The summed E-state index contributed by atoms with van der Waals surface area (Å²) in [4.78, 5) is 0. The summed E-state index contributed by atoms with van der Waals surface area (Å²) < 4.78 is 0. The number of allylic oxidation sites excluding steroid dienone is 4. The third-order valence-electron chi connectivity index (χ3n) is 6.28. The zero-order valence-corrected chi connectivity index (χ0v) is 21.2. The number of rotatable bonds is 4. The van der Waals surface area contributed by atoms with Crippen molar-refractivity contribution < 1.29 is 26.2 Å². The van der Waals surface area contributed by atoms with Crippen molar-refractivity contribution in [3.8, 4) is 0 Å². The van der Waals surface area contributed by atoms with E-state index in [1.165, 1.54) is 48.2 Å². The smallest absolute Gasteiger partial charge is 0.126 e. The van der Waals surface area contributed by atoms with Gasteiger partial charge in [-0.15, -0.1) is 33.7 Å². The Morgan fingerprint density at radius 2 is 1.31 bits per heavy atom. The Bertz CT molecular complexity index is 1400. The molecule has 0 atom stereocenters. The minimum absolute atomic E-state index is 0. The van der Waals surface area contributed by atoms with Gasteiger partial charge in [0.1, 0.15) is 8.80 Å².